The van der Waals surface area contributed by atoms with Gasteiger partial charge in [-0.15, -0.1) is 0 Å². The van der Waals surface area contributed by atoms with Gasteiger partial charge in [0.2, 0.25) is 0 Å². The number of aliphatic hydroxyl groups is 1. The number of imidazole rings is 1. The Balaban J connectivity index is 1.44. The largest absolute Gasteiger partial charge is 0.396 e. The molecule has 1 saturated heterocycles. The van der Waals surface area contributed by atoms with E-state index < -0.39 is 0 Å². The number of H-pyrrole nitrogens is 2. The van der Waals surface area contributed by atoms with Gasteiger partial charge >= 0.3 is 0 Å². The number of benzene rings is 2. The van der Waals surface area contributed by atoms with Crippen LogP contribution in [-0.2, 0) is 0 Å². The molecule has 0 radical (unpaired) electrons. The third-order valence-electron chi connectivity index (χ3n) is 5.58. The molecule has 7 nitrogen and oxygen atoms in total. The Labute approximate surface area is 161 Å². The van der Waals surface area contributed by atoms with E-state index in [-0.39, 0.29) is 12.5 Å². The van der Waals surface area contributed by atoms with Crippen molar-refractivity contribution in [3.63, 3.8) is 0 Å². The Kier molecular flexibility index (Phi) is 4.09. The summed E-state index contributed by atoms with van der Waals surface area (Å²) in [6, 6.07) is 13.5. The van der Waals surface area contributed by atoms with Crippen LogP contribution < -0.4 is 0 Å². The molecule has 142 valence electrons. The van der Waals surface area contributed by atoms with Crippen LogP contribution in [0.2, 0.25) is 0 Å². The summed E-state index contributed by atoms with van der Waals surface area (Å²) in [7, 11) is 0. The Morgan fingerprint density at radius 1 is 1.14 bits per heavy atom. The van der Waals surface area contributed by atoms with Crippen LogP contribution in [-0.4, -0.2) is 55.8 Å². The molecule has 5 rings (SSSR count). The minimum atomic E-state index is 0.0261. The van der Waals surface area contributed by atoms with Gasteiger partial charge < -0.3 is 15.0 Å². The number of aromatic amines is 2. The van der Waals surface area contributed by atoms with E-state index in [1.807, 2.05) is 47.4 Å². The van der Waals surface area contributed by atoms with E-state index in [9.17, 15) is 9.90 Å². The smallest absolute Gasteiger partial charge is 0.253 e. The number of hydrogen-bond donors (Lipinski definition) is 3. The zero-order valence-electron chi connectivity index (χ0n) is 15.4. The highest BCUT2D eigenvalue weighted by Gasteiger charge is 2.24. The number of amides is 1. The highest BCUT2D eigenvalue weighted by molar-refractivity contribution is 6.00. The van der Waals surface area contributed by atoms with Gasteiger partial charge in [-0.05, 0) is 49.1 Å². The number of para-hydroxylation sites is 2. The van der Waals surface area contributed by atoms with E-state index in [0.717, 1.165) is 40.5 Å². The average Bonchev–Trinajstić information content (AvgIpc) is 3.36. The Hall–Kier alpha value is -3.19. The van der Waals surface area contributed by atoms with Gasteiger partial charge in [0.25, 0.3) is 5.91 Å². The van der Waals surface area contributed by atoms with Gasteiger partial charge in [-0.1, -0.05) is 12.1 Å². The molecule has 0 saturated carbocycles. The summed E-state index contributed by atoms with van der Waals surface area (Å²) >= 11 is 0. The van der Waals surface area contributed by atoms with E-state index in [4.69, 9.17) is 0 Å². The van der Waals surface area contributed by atoms with E-state index >= 15 is 0 Å². The summed E-state index contributed by atoms with van der Waals surface area (Å²) in [5.74, 6) is 1.04. The monoisotopic (exact) mass is 375 g/mol. The predicted octanol–water partition coefficient (Wildman–Crippen LogP) is 2.95. The van der Waals surface area contributed by atoms with Gasteiger partial charge in [-0.3, -0.25) is 9.89 Å². The number of carbonyl (C=O) groups is 1. The predicted molar refractivity (Wildman–Crippen MR) is 107 cm³/mol. The van der Waals surface area contributed by atoms with Crippen molar-refractivity contribution in [1.82, 2.24) is 25.1 Å². The number of fused-ring (bicyclic) bond motifs is 2. The molecule has 0 aliphatic carbocycles. The van der Waals surface area contributed by atoms with E-state index in [1.165, 1.54) is 0 Å². The molecule has 1 aliphatic heterocycles. The fourth-order valence-corrected chi connectivity index (χ4v) is 3.90. The lowest BCUT2D eigenvalue weighted by molar-refractivity contribution is 0.0651. The molecule has 3 heterocycles. The van der Waals surface area contributed by atoms with Crippen molar-refractivity contribution in [3.8, 4) is 11.5 Å². The molecule has 1 aliphatic rings. The number of carbonyl (C=O) groups excluding carboxylic acids is 1. The lowest BCUT2D eigenvalue weighted by Gasteiger charge is -2.31. The second kappa shape index (κ2) is 6.76. The molecule has 7 heteroatoms. The van der Waals surface area contributed by atoms with Crippen LogP contribution in [0.25, 0.3) is 33.5 Å². The van der Waals surface area contributed by atoms with E-state index in [1.54, 1.807) is 0 Å². The Morgan fingerprint density at radius 2 is 1.96 bits per heavy atom. The summed E-state index contributed by atoms with van der Waals surface area (Å²) in [4.78, 5) is 22.6. The maximum absolute atomic E-state index is 12.8. The fraction of sp³-hybridized carbons (Fsp3) is 0.286. The molecule has 28 heavy (non-hydrogen) atoms. The van der Waals surface area contributed by atoms with Crippen molar-refractivity contribution in [2.24, 2.45) is 5.92 Å². The zero-order chi connectivity index (χ0) is 19.1. The van der Waals surface area contributed by atoms with Crippen molar-refractivity contribution < 1.29 is 9.90 Å². The highest BCUT2D eigenvalue weighted by atomic mass is 16.3. The number of nitrogens with zero attached hydrogens (tertiary/aromatic N) is 3. The summed E-state index contributed by atoms with van der Waals surface area (Å²) in [5, 5.41) is 17.7. The number of hydrogen-bond acceptors (Lipinski definition) is 4. The van der Waals surface area contributed by atoms with Crippen molar-refractivity contribution in [1.29, 1.82) is 0 Å². The highest BCUT2D eigenvalue weighted by Crippen LogP contribution is 2.27. The molecule has 0 unspecified atom stereocenters. The van der Waals surface area contributed by atoms with Crippen LogP contribution in [0.1, 0.15) is 23.2 Å². The maximum atomic E-state index is 12.8. The van der Waals surface area contributed by atoms with E-state index in [0.29, 0.717) is 30.4 Å². The summed E-state index contributed by atoms with van der Waals surface area (Å²) in [5.41, 5.74) is 4.06. The zero-order valence-corrected chi connectivity index (χ0v) is 15.4. The number of aromatic nitrogens is 4. The second-order valence-electron chi connectivity index (χ2n) is 7.35. The van der Waals surface area contributed by atoms with Crippen LogP contribution in [0, 0.1) is 5.92 Å². The Morgan fingerprint density at radius 3 is 2.75 bits per heavy atom. The number of nitrogens with one attached hydrogen (secondary N) is 2. The quantitative estimate of drug-likeness (QED) is 0.513. The van der Waals surface area contributed by atoms with Crippen molar-refractivity contribution in [2.45, 2.75) is 12.8 Å². The first kappa shape index (κ1) is 16.9. The third-order valence-corrected chi connectivity index (χ3v) is 5.58. The van der Waals surface area contributed by atoms with Crippen LogP contribution in [0.5, 0.6) is 0 Å². The summed E-state index contributed by atoms with van der Waals surface area (Å²) in [6.45, 7) is 1.58. The van der Waals surface area contributed by atoms with Crippen LogP contribution in [0.4, 0.5) is 0 Å². The van der Waals surface area contributed by atoms with Gasteiger partial charge in [-0.25, -0.2) is 4.98 Å². The topological polar surface area (TPSA) is 97.9 Å². The van der Waals surface area contributed by atoms with Gasteiger partial charge in [0, 0.05) is 30.6 Å². The minimum Gasteiger partial charge on any atom is -0.396 e. The minimum absolute atomic E-state index is 0.0261. The van der Waals surface area contributed by atoms with Crippen LogP contribution in [0.3, 0.4) is 0 Å². The lowest BCUT2D eigenvalue weighted by Crippen LogP contribution is -2.39. The normalized spacial score (nSPS) is 15.5. The molecule has 1 amide bonds. The molecular weight excluding hydrogens is 354 g/mol. The van der Waals surface area contributed by atoms with Crippen molar-refractivity contribution >= 4 is 27.8 Å². The number of rotatable bonds is 3. The second-order valence-corrected chi connectivity index (χ2v) is 7.35. The standard InChI is InChI=1S/C21H21N5O2/c27-12-13-7-9-26(10-8-13)21(28)14-5-6-15-18(11-14)24-25-19(15)20-22-16-3-1-2-4-17(16)23-20/h1-6,11,13,27H,7-10,12H2,(H,22,23)(H,24,25). The summed E-state index contributed by atoms with van der Waals surface area (Å²) in [6.07, 6.45) is 1.70. The Bertz CT molecular complexity index is 1120. The van der Waals surface area contributed by atoms with Gasteiger partial charge in [0.1, 0.15) is 5.69 Å². The molecule has 0 atom stereocenters. The van der Waals surface area contributed by atoms with Gasteiger partial charge in [-0.2, -0.15) is 5.10 Å². The fourth-order valence-electron chi connectivity index (χ4n) is 3.90. The molecule has 0 bridgehead atoms. The molecule has 3 N–H and O–H groups in total. The number of aliphatic hydroxyl groups excluding tert-OH is 1. The number of likely N-dealkylation sites (tertiary alicyclic amines) is 1. The van der Waals surface area contributed by atoms with Crippen LogP contribution >= 0.6 is 0 Å². The van der Waals surface area contributed by atoms with E-state index in [2.05, 4.69) is 20.2 Å². The lowest BCUT2D eigenvalue weighted by atomic mass is 9.97. The first-order chi connectivity index (χ1) is 13.7. The average molecular weight is 375 g/mol. The summed E-state index contributed by atoms with van der Waals surface area (Å²) < 4.78 is 0. The first-order valence-corrected chi connectivity index (χ1v) is 9.56. The van der Waals surface area contributed by atoms with Gasteiger partial charge in [0.15, 0.2) is 5.82 Å². The van der Waals surface area contributed by atoms with Crippen LogP contribution in [0.15, 0.2) is 42.5 Å². The molecule has 2 aromatic heterocycles. The molecule has 1 fully saturated rings. The molecule has 0 spiro atoms. The number of piperidine rings is 1. The van der Waals surface area contributed by atoms with Gasteiger partial charge in [0.05, 0.1) is 16.6 Å². The maximum Gasteiger partial charge on any atom is 0.253 e. The van der Waals surface area contributed by atoms with Crippen molar-refractivity contribution in [3.05, 3.63) is 48.0 Å². The third kappa shape index (κ3) is 2.84. The first-order valence-electron chi connectivity index (χ1n) is 9.56. The molecular formula is C21H21N5O2. The SMILES string of the molecule is O=C(c1ccc2c(-c3nc4ccccc4[nH]3)n[nH]c2c1)N1CCC(CO)CC1. The molecule has 4 aromatic rings. The van der Waals surface area contributed by atoms with Crippen molar-refractivity contribution in [2.75, 3.05) is 19.7 Å². The molecule has 2 aromatic carbocycles.